The van der Waals surface area contributed by atoms with Crippen molar-refractivity contribution in [3.8, 4) is 11.5 Å². The highest BCUT2D eigenvalue weighted by Gasteiger charge is 2.16. The minimum Gasteiger partial charge on any atom is -0.454 e. The molecule has 0 radical (unpaired) electrons. The third kappa shape index (κ3) is 5.04. The Hall–Kier alpha value is -1.52. The van der Waals surface area contributed by atoms with Gasteiger partial charge in [0.15, 0.2) is 11.5 Å². The largest absolute Gasteiger partial charge is 0.454 e. The fraction of sp³-hybridized carbons (Fsp3) is 0.556. The van der Waals surface area contributed by atoms with Gasteiger partial charge in [-0.05, 0) is 57.7 Å². The second-order valence-electron chi connectivity index (χ2n) is 5.93. The normalized spacial score (nSPS) is 15.4. The van der Waals surface area contributed by atoms with Crippen LogP contribution in [0.1, 0.15) is 51.7 Å². The summed E-state index contributed by atoms with van der Waals surface area (Å²) in [6.45, 7) is 7.21. The Kier molecular flexibility index (Phi) is 6.28. The number of allylic oxidation sites excluding steroid dienone is 1. The predicted molar refractivity (Wildman–Crippen MR) is 86.2 cm³/mol. The van der Waals surface area contributed by atoms with Gasteiger partial charge in [0.1, 0.15) is 0 Å². The quantitative estimate of drug-likeness (QED) is 0.738. The van der Waals surface area contributed by atoms with Gasteiger partial charge in [0.25, 0.3) is 0 Å². The average Bonchev–Trinajstić information content (AvgIpc) is 2.94. The molecule has 1 N–H and O–H groups in total. The van der Waals surface area contributed by atoms with Crippen LogP contribution in [-0.2, 0) is 4.74 Å². The third-order valence-corrected chi connectivity index (χ3v) is 3.66. The van der Waals surface area contributed by atoms with E-state index in [-0.39, 0.29) is 12.9 Å². The number of ether oxygens (including phenoxy) is 3. The Morgan fingerprint density at radius 3 is 2.86 bits per heavy atom. The molecule has 22 heavy (non-hydrogen) atoms. The first-order chi connectivity index (χ1) is 10.6. The molecule has 1 atom stereocenters. The van der Waals surface area contributed by atoms with E-state index < -0.39 is 6.10 Å². The molecular weight excluding hydrogens is 280 g/mol. The molecule has 2 rings (SSSR count). The molecule has 1 aliphatic heterocycles. The van der Waals surface area contributed by atoms with Crippen molar-refractivity contribution in [1.82, 2.24) is 0 Å². The number of aliphatic hydroxyl groups excluding tert-OH is 1. The minimum absolute atomic E-state index is 0.259. The van der Waals surface area contributed by atoms with Gasteiger partial charge < -0.3 is 19.3 Å². The van der Waals surface area contributed by atoms with E-state index in [1.54, 1.807) is 0 Å². The molecule has 1 heterocycles. The van der Waals surface area contributed by atoms with Crippen LogP contribution in [0.3, 0.4) is 0 Å². The molecule has 4 nitrogen and oxygen atoms in total. The second-order valence-corrected chi connectivity index (χ2v) is 5.93. The number of fused-ring (bicyclic) bond motifs is 1. The number of hydrogen-bond donors (Lipinski definition) is 1. The molecule has 1 aliphatic rings. The molecule has 0 saturated heterocycles. The average molecular weight is 306 g/mol. The monoisotopic (exact) mass is 306 g/mol. The van der Waals surface area contributed by atoms with E-state index in [1.807, 2.05) is 32.0 Å². The van der Waals surface area contributed by atoms with Crippen LogP contribution in [0.2, 0.25) is 0 Å². The molecule has 0 fully saturated rings. The lowest BCUT2D eigenvalue weighted by molar-refractivity contribution is 0.0813. The fourth-order valence-corrected chi connectivity index (χ4v) is 2.33. The molecule has 1 aromatic carbocycles. The van der Waals surface area contributed by atoms with Crippen molar-refractivity contribution in [2.24, 2.45) is 0 Å². The van der Waals surface area contributed by atoms with E-state index in [0.717, 1.165) is 30.8 Å². The third-order valence-electron chi connectivity index (χ3n) is 3.66. The van der Waals surface area contributed by atoms with E-state index in [2.05, 4.69) is 13.0 Å². The summed E-state index contributed by atoms with van der Waals surface area (Å²) < 4.78 is 16.1. The maximum absolute atomic E-state index is 10.3. The van der Waals surface area contributed by atoms with Crippen LogP contribution in [0, 0.1) is 0 Å². The molecule has 0 spiro atoms. The van der Waals surface area contributed by atoms with Gasteiger partial charge in [0.2, 0.25) is 6.79 Å². The van der Waals surface area contributed by atoms with Crippen molar-refractivity contribution < 1.29 is 19.3 Å². The van der Waals surface area contributed by atoms with Gasteiger partial charge in [-0.1, -0.05) is 17.7 Å². The van der Waals surface area contributed by atoms with Gasteiger partial charge in [-0.25, -0.2) is 0 Å². The lowest BCUT2D eigenvalue weighted by Crippen LogP contribution is -2.04. The van der Waals surface area contributed by atoms with Crippen molar-refractivity contribution in [2.45, 2.75) is 52.2 Å². The second kappa shape index (κ2) is 8.20. The summed E-state index contributed by atoms with van der Waals surface area (Å²) in [4.78, 5) is 0. The first-order valence-corrected chi connectivity index (χ1v) is 7.91. The van der Waals surface area contributed by atoms with Crippen LogP contribution in [0.5, 0.6) is 11.5 Å². The van der Waals surface area contributed by atoms with Crippen molar-refractivity contribution in [3.63, 3.8) is 0 Å². The van der Waals surface area contributed by atoms with E-state index in [9.17, 15) is 5.11 Å². The van der Waals surface area contributed by atoms with Crippen molar-refractivity contribution in [1.29, 1.82) is 0 Å². The van der Waals surface area contributed by atoms with Gasteiger partial charge >= 0.3 is 0 Å². The zero-order valence-corrected chi connectivity index (χ0v) is 13.7. The SMILES string of the molecule is CC(=CCCC(O)c1ccc2c(c1)OCO2)CCOC(C)C. The lowest BCUT2D eigenvalue weighted by Gasteiger charge is -2.11. The number of hydrogen-bond acceptors (Lipinski definition) is 4. The molecule has 122 valence electrons. The summed E-state index contributed by atoms with van der Waals surface area (Å²) in [7, 11) is 0. The molecule has 0 amide bonds. The van der Waals surface area contributed by atoms with E-state index in [1.165, 1.54) is 5.57 Å². The predicted octanol–water partition coefficient (Wildman–Crippen LogP) is 3.99. The van der Waals surface area contributed by atoms with E-state index in [4.69, 9.17) is 14.2 Å². The zero-order valence-electron chi connectivity index (χ0n) is 13.7. The zero-order chi connectivity index (χ0) is 15.9. The van der Waals surface area contributed by atoms with Gasteiger partial charge in [-0.15, -0.1) is 0 Å². The Bertz CT molecular complexity index is 508. The van der Waals surface area contributed by atoms with Crippen LogP contribution in [0.25, 0.3) is 0 Å². The number of rotatable bonds is 8. The first kappa shape index (κ1) is 16.8. The topological polar surface area (TPSA) is 47.9 Å². The molecule has 0 saturated carbocycles. The van der Waals surface area contributed by atoms with E-state index in [0.29, 0.717) is 12.2 Å². The summed E-state index contributed by atoms with van der Waals surface area (Å²) in [5.41, 5.74) is 2.18. The molecular formula is C18H26O4. The Morgan fingerprint density at radius 1 is 1.32 bits per heavy atom. The lowest BCUT2D eigenvalue weighted by atomic mass is 10.0. The maximum Gasteiger partial charge on any atom is 0.231 e. The highest BCUT2D eigenvalue weighted by Crippen LogP contribution is 2.35. The highest BCUT2D eigenvalue weighted by molar-refractivity contribution is 5.45. The van der Waals surface area contributed by atoms with Crippen LogP contribution in [0.15, 0.2) is 29.8 Å². The standard InChI is InChI=1S/C18H26O4/c1-13(2)20-10-9-14(3)5-4-6-16(19)15-7-8-17-18(11-15)22-12-21-17/h5,7-8,11,13,16,19H,4,6,9-10,12H2,1-3H3. The molecule has 0 bridgehead atoms. The molecule has 1 aromatic rings. The minimum atomic E-state index is -0.481. The Balaban J connectivity index is 1.76. The molecule has 4 heteroatoms. The van der Waals surface area contributed by atoms with Crippen molar-refractivity contribution in [3.05, 3.63) is 35.4 Å². The molecule has 1 unspecified atom stereocenters. The molecule has 0 aliphatic carbocycles. The first-order valence-electron chi connectivity index (χ1n) is 7.91. The highest BCUT2D eigenvalue weighted by atomic mass is 16.7. The van der Waals surface area contributed by atoms with Crippen molar-refractivity contribution in [2.75, 3.05) is 13.4 Å². The number of benzene rings is 1. The van der Waals surface area contributed by atoms with Gasteiger partial charge in [0, 0.05) is 0 Å². The van der Waals surface area contributed by atoms with Crippen LogP contribution in [-0.4, -0.2) is 24.6 Å². The fourth-order valence-electron chi connectivity index (χ4n) is 2.33. The van der Waals surface area contributed by atoms with Gasteiger partial charge in [0.05, 0.1) is 18.8 Å². The Labute approximate surface area is 132 Å². The van der Waals surface area contributed by atoms with E-state index >= 15 is 0 Å². The summed E-state index contributed by atoms with van der Waals surface area (Å²) in [6.07, 6.45) is 4.47. The van der Waals surface area contributed by atoms with Crippen LogP contribution >= 0.6 is 0 Å². The summed E-state index contributed by atoms with van der Waals surface area (Å²) in [5.74, 6) is 1.46. The van der Waals surface area contributed by atoms with Crippen molar-refractivity contribution >= 4 is 0 Å². The summed E-state index contributed by atoms with van der Waals surface area (Å²) in [6, 6.07) is 5.61. The van der Waals surface area contributed by atoms with Gasteiger partial charge in [-0.2, -0.15) is 0 Å². The summed E-state index contributed by atoms with van der Waals surface area (Å²) in [5, 5.41) is 10.3. The maximum atomic E-state index is 10.3. The smallest absolute Gasteiger partial charge is 0.231 e. The van der Waals surface area contributed by atoms with Crippen LogP contribution in [0.4, 0.5) is 0 Å². The number of aliphatic hydroxyl groups is 1. The Morgan fingerprint density at radius 2 is 2.09 bits per heavy atom. The molecule has 0 aromatic heterocycles. The van der Waals surface area contributed by atoms with Crippen LogP contribution < -0.4 is 9.47 Å². The summed E-state index contributed by atoms with van der Waals surface area (Å²) >= 11 is 0. The van der Waals surface area contributed by atoms with Gasteiger partial charge in [-0.3, -0.25) is 0 Å².